The van der Waals surface area contributed by atoms with Gasteiger partial charge in [-0.15, -0.1) is 0 Å². The number of amides is 1. The van der Waals surface area contributed by atoms with Crippen LogP contribution in [0.5, 0.6) is 0 Å². The van der Waals surface area contributed by atoms with Gasteiger partial charge in [0, 0.05) is 0 Å². The summed E-state index contributed by atoms with van der Waals surface area (Å²) in [5, 5.41) is 2.80. The molecule has 0 heterocycles. The zero-order valence-corrected chi connectivity index (χ0v) is 9.54. The number of nitrogens with one attached hydrogen (secondary N) is 1. The SMILES string of the molecule is O=C(Nc1ccccc1F)c1ccccc1Cl. The molecule has 0 unspecified atom stereocenters. The Morgan fingerprint density at radius 1 is 1.06 bits per heavy atom. The number of carbonyl (C=O) groups excluding carboxylic acids is 1. The Morgan fingerprint density at radius 3 is 2.41 bits per heavy atom. The molecule has 4 heteroatoms. The first-order valence-corrected chi connectivity index (χ1v) is 5.36. The van der Waals surface area contributed by atoms with Crippen LogP contribution in [0.3, 0.4) is 0 Å². The van der Waals surface area contributed by atoms with Gasteiger partial charge >= 0.3 is 0 Å². The van der Waals surface area contributed by atoms with E-state index in [1.807, 2.05) is 0 Å². The van der Waals surface area contributed by atoms with E-state index < -0.39 is 11.7 Å². The normalized spacial score (nSPS) is 10.0. The molecule has 0 aliphatic rings. The molecule has 1 N–H and O–H groups in total. The topological polar surface area (TPSA) is 29.1 Å². The Bertz CT molecular complexity index is 557. The number of halogens is 2. The molecular weight excluding hydrogens is 241 g/mol. The molecule has 0 radical (unpaired) electrons. The van der Waals surface area contributed by atoms with E-state index in [1.54, 1.807) is 36.4 Å². The van der Waals surface area contributed by atoms with Crippen molar-refractivity contribution in [2.75, 3.05) is 5.32 Å². The van der Waals surface area contributed by atoms with Crippen molar-refractivity contribution in [3.8, 4) is 0 Å². The maximum atomic E-state index is 13.3. The second-order valence-corrected chi connectivity index (χ2v) is 3.82. The van der Waals surface area contributed by atoms with E-state index in [0.29, 0.717) is 10.6 Å². The van der Waals surface area contributed by atoms with Crippen LogP contribution in [0.15, 0.2) is 48.5 Å². The molecular formula is C13H9ClFNO. The third kappa shape index (κ3) is 2.63. The number of hydrogen-bond acceptors (Lipinski definition) is 1. The predicted molar refractivity (Wildman–Crippen MR) is 65.8 cm³/mol. The first-order chi connectivity index (χ1) is 8.18. The highest BCUT2D eigenvalue weighted by Gasteiger charge is 2.11. The van der Waals surface area contributed by atoms with Gasteiger partial charge in [0.05, 0.1) is 16.3 Å². The largest absolute Gasteiger partial charge is 0.319 e. The van der Waals surface area contributed by atoms with Crippen molar-refractivity contribution in [1.82, 2.24) is 0 Å². The summed E-state index contributed by atoms with van der Waals surface area (Å²) in [4.78, 5) is 11.8. The van der Waals surface area contributed by atoms with E-state index in [0.717, 1.165) is 0 Å². The van der Waals surface area contributed by atoms with Crippen LogP contribution in [0.25, 0.3) is 0 Å². The van der Waals surface area contributed by atoms with Gasteiger partial charge in [-0.3, -0.25) is 4.79 Å². The minimum atomic E-state index is -0.479. The molecule has 0 bridgehead atoms. The highest BCUT2D eigenvalue weighted by atomic mass is 35.5. The van der Waals surface area contributed by atoms with Crippen LogP contribution < -0.4 is 5.32 Å². The van der Waals surface area contributed by atoms with Gasteiger partial charge in [0.15, 0.2) is 0 Å². The molecule has 2 rings (SSSR count). The Kier molecular flexibility index (Phi) is 3.40. The smallest absolute Gasteiger partial charge is 0.257 e. The predicted octanol–water partition coefficient (Wildman–Crippen LogP) is 3.73. The summed E-state index contributed by atoms with van der Waals surface area (Å²) in [5.74, 6) is -0.909. The monoisotopic (exact) mass is 249 g/mol. The molecule has 2 aromatic carbocycles. The molecule has 0 saturated heterocycles. The molecule has 1 amide bonds. The zero-order chi connectivity index (χ0) is 12.3. The zero-order valence-electron chi connectivity index (χ0n) is 8.78. The van der Waals surface area contributed by atoms with E-state index in [4.69, 9.17) is 11.6 Å². The second-order valence-electron chi connectivity index (χ2n) is 3.41. The summed E-state index contributed by atoms with van der Waals surface area (Å²) in [6.07, 6.45) is 0. The maximum Gasteiger partial charge on any atom is 0.257 e. The van der Waals surface area contributed by atoms with E-state index >= 15 is 0 Å². The summed E-state index contributed by atoms with van der Waals surface area (Å²) in [6, 6.07) is 12.6. The highest BCUT2D eigenvalue weighted by Crippen LogP contribution is 2.18. The Balaban J connectivity index is 2.24. The fraction of sp³-hybridized carbons (Fsp3) is 0. The van der Waals surface area contributed by atoms with Gasteiger partial charge in [0.25, 0.3) is 5.91 Å². The van der Waals surface area contributed by atoms with Crippen molar-refractivity contribution in [2.24, 2.45) is 0 Å². The molecule has 0 atom stereocenters. The number of hydrogen-bond donors (Lipinski definition) is 1. The summed E-state index contributed by atoms with van der Waals surface area (Å²) in [5.41, 5.74) is 0.454. The average molecular weight is 250 g/mol. The lowest BCUT2D eigenvalue weighted by Crippen LogP contribution is -2.13. The van der Waals surface area contributed by atoms with Gasteiger partial charge in [-0.2, -0.15) is 0 Å². The van der Waals surface area contributed by atoms with Crippen molar-refractivity contribution in [2.45, 2.75) is 0 Å². The molecule has 2 nitrogen and oxygen atoms in total. The van der Waals surface area contributed by atoms with Crippen molar-refractivity contribution in [3.05, 3.63) is 64.9 Å². The van der Waals surface area contributed by atoms with Gasteiger partial charge in [0.2, 0.25) is 0 Å². The van der Waals surface area contributed by atoms with Gasteiger partial charge in [0.1, 0.15) is 5.82 Å². The van der Waals surface area contributed by atoms with E-state index in [2.05, 4.69) is 5.32 Å². The average Bonchev–Trinajstić information content (AvgIpc) is 2.32. The number of rotatable bonds is 2. The lowest BCUT2D eigenvalue weighted by molar-refractivity contribution is 0.102. The van der Waals surface area contributed by atoms with E-state index in [-0.39, 0.29) is 5.69 Å². The summed E-state index contributed by atoms with van der Waals surface area (Å²) in [7, 11) is 0. The lowest BCUT2D eigenvalue weighted by atomic mass is 10.2. The van der Waals surface area contributed by atoms with Crippen molar-refractivity contribution < 1.29 is 9.18 Å². The van der Waals surface area contributed by atoms with Crippen LogP contribution in [-0.2, 0) is 0 Å². The molecule has 2 aromatic rings. The molecule has 17 heavy (non-hydrogen) atoms. The third-order valence-corrected chi connectivity index (χ3v) is 2.57. The van der Waals surface area contributed by atoms with Crippen LogP contribution in [0.1, 0.15) is 10.4 Å². The molecule has 86 valence electrons. The molecule has 0 aliphatic heterocycles. The number of benzene rings is 2. The third-order valence-electron chi connectivity index (χ3n) is 2.24. The number of para-hydroxylation sites is 1. The lowest BCUT2D eigenvalue weighted by Gasteiger charge is -2.07. The van der Waals surface area contributed by atoms with Crippen molar-refractivity contribution >= 4 is 23.2 Å². The fourth-order valence-corrected chi connectivity index (χ4v) is 1.62. The fourth-order valence-electron chi connectivity index (χ4n) is 1.40. The van der Waals surface area contributed by atoms with Crippen LogP contribution in [0.2, 0.25) is 5.02 Å². The molecule has 0 spiro atoms. The Labute approximate surface area is 103 Å². The summed E-state index contributed by atoms with van der Waals surface area (Å²) < 4.78 is 13.3. The maximum absolute atomic E-state index is 13.3. The molecule has 0 aliphatic carbocycles. The minimum Gasteiger partial charge on any atom is -0.319 e. The van der Waals surface area contributed by atoms with Gasteiger partial charge in [-0.05, 0) is 24.3 Å². The van der Waals surface area contributed by atoms with Gasteiger partial charge in [-0.1, -0.05) is 35.9 Å². The van der Waals surface area contributed by atoms with Crippen molar-refractivity contribution in [3.63, 3.8) is 0 Å². The summed E-state index contributed by atoms with van der Waals surface area (Å²) in [6.45, 7) is 0. The number of anilines is 1. The van der Waals surface area contributed by atoms with Crippen molar-refractivity contribution in [1.29, 1.82) is 0 Å². The number of carbonyl (C=O) groups is 1. The first kappa shape index (κ1) is 11.6. The quantitative estimate of drug-likeness (QED) is 0.863. The Hall–Kier alpha value is -1.87. The molecule has 0 aromatic heterocycles. The standard InChI is InChI=1S/C13H9ClFNO/c14-10-6-2-1-5-9(10)13(17)16-12-8-4-3-7-11(12)15/h1-8H,(H,16,17). The van der Waals surface area contributed by atoms with E-state index in [1.165, 1.54) is 12.1 Å². The Morgan fingerprint density at radius 2 is 1.71 bits per heavy atom. The van der Waals surface area contributed by atoms with Crippen LogP contribution in [-0.4, -0.2) is 5.91 Å². The van der Waals surface area contributed by atoms with Crippen LogP contribution >= 0.6 is 11.6 Å². The van der Waals surface area contributed by atoms with Crippen LogP contribution in [0.4, 0.5) is 10.1 Å². The summed E-state index contributed by atoms with van der Waals surface area (Å²) >= 11 is 5.87. The van der Waals surface area contributed by atoms with Gasteiger partial charge in [-0.25, -0.2) is 4.39 Å². The van der Waals surface area contributed by atoms with Crippen LogP contribution in [0, 0.1) is 5.82 Å². The molecule has 0 saturated carbocycles. The second kappa shape index (κ2) is 4.97. The minimum absolute atomic E-state index is 0.136. The first-order valence-electron chi connectivity index (χ1n) is 4.99. The highest BCUT2D eigenvalue weighted by molar-refractivity contribution is 6.34. The molecule has 0 fully saturated rings. The van der Waals surface area contributed by atoms with E-state index in [9.17, 15) is 9.18 Å². The van der Waals surface area contributed by atoms with Gasteiger partial charge < -0.3 is 5.32 Å².